The molecular weight excluding hydrogens is 407 g/mol. The number of hydrogen-bond donors (Lipinski definition) is 1. The van der Waals surface area contributed by atoms with E-state index < -0.39 is 28.7 Å². The lowest BCUT2D eigenvalue weighted by atomic mass is 9.81. The molecular formula is C18H24F3N5O2S. The largest absolute Gasteiger partial charge is 0.393 e. The zero-order chi connectivity index (χ0) is 20.8. The monoisotopic (exact) mass is 431 g/mol. The Balaban J connectivity index is 1.36. The molecule has 2 fully saturated rings. The van der Waals surface area contributed by atoms with Crippen molar-refractivity contribution < 1.29 is 21.6 Å². The lowest BCUT2D eigenvalue weighted by Crippen LogP contribution is -2.49. The van der Waals surface area contributed by atoms with E-state index in [9.17, 15) is 21.6 Å². The molecule has 0 spiro atoms. The number of aromatic amines is 1. The summed E-state index contributed by atoms with van der Waals surface area (Å²) < 4.78 is 65.4. The van der Waals surface area contributed by atoms with Crippen LogP contribution in [0.1, 0.15) is 25.7 Å². The van der Waals surface area contributed by atoms with Crippen molar-refractivity contribution in [3.05, 3.63) is 18.6 Å². The van der Waals surface area contributed by atoms with Crippen LogP contribution in [0.15, 0.2) is 18.6 Å². The molecule has 11 heteroatoms. The Morgan fingerprint density at radius 2 is 2.07 bits per heavy atom. The molecule has 1 saturated carbocycles. The second-order valence-corrected chi connectivity index (χ2v) is 10.1. The Hall–Kier alpha value is -1.88. The molecule has 0 aromatic carbocycles. The molecule has 1 atom stereocenters. The fraction of sp³-hybridized carbons (Fsp3) is 0.667. The third-order valence-electron chi connectivity index (χ3n) is 6.11. The number of aromatic nitrogens is 3. The molecule has 1 N–H and O–H groups in total. The van der Waals surface area contributed by atoms with E-state index >= 15 is 0 Å². The van der Waals surface area contributed by atoms with Crippen molar-refractivity contribution in [1.82, 2.24) is 19.3 Å². The molecule has 1 unspecified atom stereocenters. The SMILES string of the molecule is CN(c1ncnc2[nH]ccc12)[C@H]1C[C@@H](CS(=O)(=O)N2CCCC(C(F)(F)F)C2)C1. The van der Waals surface area contributed by atoms with Crippen molar-refractivity contribution in [3.63, 3.8) is 0 Å². The maximum absolute atomic E-state index is 13.0. The molecule has 1 saturated heterocycles. The van der Waals surface area contributed by atoms with E-state index in [-0.39, 0.29) is 37.1 Å². The van der Waals surface area contributed by atoms with Crippen LogP contribution in [0.3, 0.4) is 0 Å². The number of anilines is 1. The summed E-state index contributed by atoms with van der Waals surface area (Å²) in [6.07, 6.45) is 0.514. The van der Waals surface area contributed by atoms with Gasteiger partial charge in [0.2, 0.25) is 10.0 Å². The first-order chi connectivity index (χ1) is 13.6. The predicted molar refractivity (Wildman–Crippen MR) is 103 cm³/mol. The Bertz CT molecular complexity index is 971. The first-order valence-electron chi connectivity index (χ1n) is 9.70. The first kappa shape index (κ1) is 20.4. The van der Waals surface area contributed by atoms with Gasteiger partial charge in [0, 0.05) is 32.4 Å². The van der Waals surface area contributed by atoms with Gasteiger partial charge >= 0.3 is 6.18 Å². The molecule has 29 heavy (non-hydrogen) atoms. The van der Waals surface area contributed by atoms with Gasteiger partial charge in [-0.2, -0.15) is 13.2 Å². The molecule has 1 aliphatic heterocycles. The Morgan fingerprint density at radius 3 is 2.79 bits per heavy atom. The number of piperidine rings is 1. The predicted octanol–water partition coefficient (Wildman–Crippen LogP) is 2.78. The Labute approximate surface area is 167 Å². The van der Waals surface area contributed by atoms with Crippen LogP contribution in [0, 0.1) is 11.8 Å². The van der Waals surface area contributed by atoms with Gasteiger partial charge in [-0.3, -0.25) is 0 Å². The fourth-order valence-electron chi connectivity index (χ4n) is 4.33. The molecule has 7 nitrogen and oxygen atoms in total. The highest BCUT2D eigenvalue weighted by molar-refractivity contribution is 7.89. The average molecular weight is 431 g/mol. The van der Waals surface area contributed by atoms with Gasteiger partial charge in [0.05, 0.1) is 17.1 Å². The number of fused-ring (bicyclic) bond motifs is 1. The summed E-state index contributed by atoms with van der Waals surface area (Å²) in [6, 6.07) is 2.04. The second-order valence-electron chi connectivity index (χ2n) is 8.06. The number of nitrogens with one attached hydrogen (secondary N) is 1. The molecule has 1 aliphatic carbocycles. The van der Waals surface area contributed by atoms with Gasteiger partial charge in [-0.15, -0.1) is 0 Å². The van der Waals surface area contributed by atoms with Crippen LogP contribution in [0.2, 0.25) is 0 Å². The quantitative estimate of drug-likeness (QED) is 0.787. The Kier molecular flexibility index (Phi) is 5.22. The van der Waals surface area contributed by atoms with E-state index in [1.54, 1.807) is 6.20 Å². The molecule has 0 bridgehead atoms. The van der Waals surface area contributed by atoms with Crippen LogP contribution in [0.5, 0.6) is 0 Å². The van der Waals surface area contributed by atoms with Gasteiger partial charge in [-0.25, -0.2) is 22.7 Å². The molecule has 2 aliphatic rings. The highest BCUT2D eigenvalue weighted by Crippen LogP contribution is 2.38. The van der Waals surface area contributed by atoms with Crippen LogP contribution >= 0.6 is 0 Å². The summed E-state index contributed by atoms with van der Waals surface area (Å²) in [7, 11) is -1.77. The summed E-state index contributed by atoms with van der Waals surface area (Å²) >= 11 is 0. The van der Waals surface area contributed by atoms with Crippen molar-refractivity contribution in [3.8, 4) is 0 Å². The fourth-order valence-corrected chi connectivity index (χ4v) is 6.22. The smallest absolute Gasteiger partial charge is 0.356 e. The van der Waals surface area contributed by atoms with Crippen molar-refractivity contribution >= 4 is 26.9 Å². The molecule has 0 radical (unpaired) electrons. The van der Waals surface area contributed by atoms with Gasteiger partial charge in [-0.05, 0) is 37.7 Å². The maximum Gasteiger partial charge on any atom is 0.393 e. The summed E-state index contributed by atoms with van der Waals surface area (Å²) in [5, 5.41) is 0.901. The molecule has 3 heterocycles. The highest BCUT2D eigenvalue weighted by Gasteiger charge is 2.45. The van der Waals surface area contributed by atoms with Crippen molar-refractivity contribution in [2.24, 2.45) is 11.8 Å². The van der Waals surface area contributed by atoms with Crippen LogP contribution in [-0.2, 0) is 10.0 Å². The van der Waals surface area contributed by atoms with Gasteiger partial charge in [0.15, 0.2) is 0 Å². The van der Waals surface area contributed by atoms with Crippen molar-refractivity contribution in [2.75, 3.05) is 30.8 Å². The minimum Gasteiger partial charge on any atom is -0.356 e. The lowest BCUT2D eigenvalue weighted by Gasteiger charge is -2.42. The van der Waals surface area contributed by atoms with Crippen LogP contribution in [-0.4, -0.2) is 65.8 Å². The van der Waals surface area contributed by atoms with Gasteiger partial charge in [-0.1, -0.05) is 0 Å². The molecule has 2 aromatic rings. The number of hydrogen-bond acceptors (Lipinski definition) is 5. The van der Waals surface area contributed by atoms with E-state index in [4.69, 9.17) is 0 Å². The number of rotatable bonds is 5. The molecule has 160 valence electrons. The number of nitrogens with zero attached hydrogens (tertiary/aromatic N) is 4. The maximum atomic E-state index is 13.0. The van der Waals surface area contributed by atoms with Crippen molar-refractivity contribution in [1.29, 1.82) is 0 Å². The molecule has 0 amide bonds. The van der Waals surface area contributed by atoms with Crippen LogP contribution in [0.4, 0.5) is 19.0 Å². The molecule has 2 aromatic heterocycles. The normalized spacial score (nSPS) is 26.4. The van der Waals surface area contributed by atoms with Gasteiger partial charge in [0.1, 0.15) is 17.8 Å². The zero-order valence-electron chi connectivity index (χ0n) is 16.1. The third-order valence-corrected chi connectivity index (χ3v) is 8.12. The number of halogens is 3. The summed E-state index contributed by atoms with van der Waals surface area (Å²) in [6.45, 7) is -0.272. The van der Waals surface area contributed by atoms with Crippen LogP contribution < -0.4 is 4.90 Å². The number of sulfonamides is 1. The minimum absolute atomic E-state index is 0.00161. The topological polar surface area (TPSA) is 82.2 Å². The number of alkyl halides is 3. The van der Waals surface area contributed by atoms with Gasteiger partial charge in [0.25, 0.3) is 0 Å². The summed E-state index contributed by atoms with van der Waals surface area (Å²) in [5.74, 6) is -0.924. The number of H-pyrrole nitrogens is 1. The van der Waals surface area contributed by atoms with E-state index in [0.29, 0.717) is 12.8 Å². The summed E-state index contributed by atoms with van der Waals surface area (Å²) in [5.41, 5.74) is 0.740. The average Bonchev–Trinajstić information content (AvgIpc) is 3.12. The Morgan fingerprint density at radius 1 is 1.31 bits per heavy atom. The first-order valence-corrected chi connectivity index (χ1v) is 11.3. The van der Waals surface area contributed by atoms with Crippen molar-refractivity contribution in [2.45, 2.75) is 37.9 Å². The second kappa shape index (κ2) is 7.42. The van der Waals surface area contributed by atoms with E-state index in [1.807, 2.05) is 18.0 Å². The van der Waals surface area contributed by atoms with E-state index in [1.165, 1.54) is 6.33 Å². The van der Waals surface area contributed by atoms with Gasteiger partial charge < -0.3 is 9.88 Å². The summed E-state index contributed by atoms with van der Waals surface area (Å²) in [4.78, 5) is 13.6. The zero-order valence-corrected chi connectivity index (χ0v) is 16.9. The highest BCUT2D eigenvalue weighted by atomic mass is 32.2. The van der Waals surface area contributed by atoms with Crippen LogP contribution in [0.25, 0.3) is 11.0 Å². The third kappa shape index (κ3) is 4.07. The lowest BCUT2D eigenvalue weighted by molar-refractivity contribution is -0.182. The molecule has 4 rings (SSSR count). The van der Waals surface area contributed by atoms with E-state index in [0.717, 1.165) is 21.2 Å². The minimum atomic E-state index is -4.35. The van der Waals surface area contributed by atoms with E-state index in [2.05, 4.69) is 15.0 Å². The standard InChI is InChI=1S/C18H24F3N5O2S/c1-25(17-15-4-5-22-16(15)23-11-24-17)14-7-12(8-14)10-29(27,28)26-6-2-3-13(9-26)18(19,20)21/h4-5,11-14H,2-3,6-10H2,1H3,(H,22,23,24)/t12-,13?,14+.